The summed E-state index contributed by atoms with van der Waals surface area (Å²) in [5.41, 5.74) is 1.67. The summed E-state index contributed by atoms with van der Waals surface area (Å²) in [4.78, 5) is 12.3. The predicted octanol–water partition coefficient (Wildman–Crippen LogP) is 2.74. The van der Waals surface area contributed by atoms with Crippen LogP contribution in [-0.4, -0.2) is 60.7 Å². The number of hydrogen-bond donors (Lipinski definition) is 6. The zero-order chi connectivity index (χ0) is 25.7. The molecule has 188 valence electrons. The first kappa shape index (κ1) is 25.1. The molecule has 4 aromatic rings. The number of allylic oxidation sites excluding steroid dienone is 1. The van der Waals surface area contributed by atoms with Gasteiger partial charge in [-0.2, -0.15) is 5.26 Å². The number of aliphatic hydroxyl groups is 2. The second kappa shape index (κ2) is 10.7. The van der Waals surface area contributed by atoms with Crippen LogP contribution >= 0.6 is 0 Å². The standard InChI is InChI=1S/C25H30N8O3/c1-3-28-15-25(7-8-26,10-16(2)35)31-12-17(11-27)33-22-19-6-9-29-23(19)30-13-20(22)32-24(33)21-5-4-18(14-34)36-21/h4-6,9,11-13,16,27-28,31,34-35H,3,7,10,14-15H2,1-2H3,(H,29,30)/b17-12+,27-11?. The molecule has 2 atom stereocenters. The summed E-state index contributed by atoms with van der Waals surface area (Å²) in [6, 6.07) is 7.51. The maximum Gasteiger partial charge on any atom is 0.182 e. The van der Waals surface area contributed by atoms with E-state index in [0.717, 1.165) is 10.9 Å². The number of H-pyrrole nitrogens is 1. The van der Waals surface area contributed by atoms with Gasteiger partial charge in [-0.05, 0) is 38.1 Å². The molecular weight excluding hydrogens is 460 g/mol. The molecule has 0 aliphatic rings. The minimum absolute atomic E-state index is 0.147. The molecule has 36 heavy (non-hydrogen) atoms. The number of nitrogens with zero attached hydrogens (tertiary/aromatic N) is 4. The van der Waals surface area contributed by atoms with Gasteiger partial charge in [0, 0.05) is 30.5 Å². The SMILES string of the molecule is CCNCC(CC#N)(CC(C)O)N/C=C(\C=N)n1c(-c2ccc(CO)o2)nc2cnc3[nH]ccc3c21. The van der Waals surface area contributed by atoms with E-state index in [0.29, 0.717) is 53.7 Å². The van der Waals surface area contributed by atoms with E-state index < -0.39 is 11.6 Å². The van der Waals surface area contributed by atoms with Crippen LogP contribution in [-0.2, 0) is 6.61 Å². The molecule has 2 unspecified atom stereocenters. The highest BCUT2D eigenvalue weighted by atomic mass is 16.4. The van der Waals surface area contributed by atoms with E-state index >= 15 is 0 Å². The molecule has 0 aliphatic heterocycles. The van der Waals surface area contributed by atoms with Gasteiger partial charge in [-0.3, -0.25) is 4.57 Å². The third kappa shape index (κ3) is 4.87. The van der Waals surface area contributed by atoms with Gasteiger partial charge < -0.3 is 35.7 Å². The lowest BCUT2D eigenvalue weighted by molar-refractivity contribution is 0.138. The molecule has 0 radical (unpaired) electrons. The minimum atomic E-state index is -0.760. The Balaban J connectivity index is 1.90. The number of rotatable bonds is 12. The number of aromatic nitrogens is 4. The van der Waals surface area contributed by atoms with Crippen molar-refractivity contribution >= 4 is 34.0 Å². The van der Waals surface area contributed by atoms with Crippen LogP contribution in [0.4, 0.5) is 0 Å². The fraction of sp³-hybridized carbons (Fsp3) is 0.360. The number of imidazole rings is 1. The molecule has 0 fully saturated rings. The third-order valence-electron chi connectivity index (χ3n) is 5.99. The quantitative estimate of drug-likeness (QED) is 0.165. The van der Waals surface area contributed by atoms with Crippen molar-refractivity contribution in [1.82, 2.24) is 30.2 Å². The molecule has 0 saturated heterocycles. The van der Waals surface area contributed by atoms with Crippen LogP contribution in [0.15, 0.2) is 41.2 Å². The molecule has 0 saturated carbocycles. The van der Waals surface area contributed by atoms with Crippen LogP contribution in [0.1, 0.15) is 32.4 Å². The van der Waals surface area contributed by atoms with E-state index in [9.17, 15) is 15.5 Å². The topological polar surface area (TPSA) is 172 Å². The summed E-state index contributed by atoms with van der Waals surface area (Å²) in [6.07, 6.45) is 6.14. The Bertz CT molecular complexity index is 1420. The van der Waals surface area contributed by atoms with E-state index in [1.807, 2.05) is 13.0 Å². The summed E-state index contributed by atoms with van der Waals surface area (Å²) in [7, 11) is 0. The number of pyridine rings is 1. The lowest BCUT2D eigenvalue weighted by Crippen LogP contribution is -2.52. The number of aliphatic hydroxyl groups excluding tert-OH is 2. The van der Waals surface area contributed by atoms with Crippen molar-refractivity contribution in [3.63, 3.8) is 0 Å². The van der Waals surface area contributed by atoms with E-state index in [1.165, 1.54) is 6.21 Å². The molecule has 0 aliphatic carbocycles. The Morgan fingerprint density at radius 2 is 2.25 bits per heavy atom. The fourth-order valence-electron chi connectivity index (χ4n) is 4.42. The van der Waals surface area contributed by atoms with Crippen molar-refractivity contribution in [2.45, 2.75) is 44.9 Å². The van der Waals surface area contributed by atoms with Crippen LogP contribution in [0.25, 0.3) is 39.3 Å². The molecule has 11 heteroatoms. The van der Waals surface area contributed by atoms with Crippen molar-refractivity contribution in [2.24, 2.45) is 0 Å². The molecule has 4 rings (SSSR count). The average Bonchev–Trinajstić information content (AvgIpc) is 3.60. The largest absolute Gasteiger partial charge is 0.455 e. The number of furan rings is 1. The predicted molar refractivity (Wildman–Crippen MR) is 137 cm³/mol. The lowest BCUT2D eigenvalue weighted by atomic mass is 9.89. The third-order valence-corrected chi connectivity index (χ3v) is 5.99. The Hall–Kier alpha value is -3.98. The van der Waals surface area contributed by atoms with Gasteiger partial charge in [0.05, 0.1) is 41.5 Å². The Kier molecular flexibility index (Phi) is 7.49. The van der Waals surface area contributed by atoms with Crippen molar-refractivity contribution in [3.8, 4) is 17.7 Å². The highest BCUT2D eigenvalue weighted by Crippen LogP contribution is 2.32. The first-order valence-electron chi connectivity index (χ1n) is 11.7. The fourth-order valence-corrected chi connectivity index (χ4v) is 4.42. The Morgan fingerprint density at radius 1 is 1.42 bits per heavy atom. The van der Waals surface area contributed by atoms with E-state index in [1.54, 1.807) is 42.2 Å². The zero-order valence-corrected chi connectivity index (χ0v) is 20.2. The lowest BCUT2D eigenvalue weighted by Gasteiger charge is -2.34. The van der Waals surface area contributed by atoms with Gasteiger partial charge in [-0.25, -0.2) is 9.97 Å². The van der Waals surface area contributed by atoms with E-state index in [2.05, 4.69) is 26.7 Å². The summed E-state index contributed by atoms with van der Waals surface area (Å²) >= 11 is 0. The van der Waals surface area contributed by atoms with Crippen LogP contribution in [0.5, 0.6) is 0 Å². The molecule has 0 aromatic carbocycles. The van der Waals surface area contributed by atoms with Crippen molar-refractivity contribution in [2.75, 3.05) is 13.1 Å². The number of likely N-dealkylation sites (N-methyl/N-ethyl adjacent to an activating group) is 1. The molecule has 4 aromatic heterocycles. The maximum absolute atomic E-state index is 10.2. The number of fused-ring (bicyclic) bond motifs is 3. The van der Waals surface area contributed by atoms with Crippen LogP contribution in [0, 0.1) is 16.7 Å². The first-order chi connectivity index (χ1) is 17.4. The average molecular weight is 491 g/mol. The van der Waals surface area contributed by atoms with Gasteiger partial charge in [0.15, 0.2) is 11.6 Å². The number of hydrogen-bond acceptors (Lipinski definition) is 9. The molecule has 6 N–H and O–H groups in total. The van der Waals surface area contributed by atoms with Gasteiger partial charge in [0.1, 0.15) is 23.5 Å². The zero-order valence-electron chi connectivity index (χ0n) is 20.2. The highest BCUT2D eigenvalue weighted by molar-refractivity contribution is 6.10. The number of nitriles is 1. The molecule has 0 bridgehead atoms. The van der Waals surface area contributed by atoms with E-state index in [-0.39, 0.29) is 13.0 Å². The Morgan fingerprint density at radius 3 is 2.92 bits per heavy atom. The van der Waals surface area contributed by atoms with Crippen LogP contribution < -0.4 is 10.6 Å². The minimum Gasteiger partial charge on any atom is -0.455 e. The molecule has 4 heterocycles. The first-order valence-corrected chi connectivity index (χ1v) is 11.7. The molecule has 0 spiro atoms. The molecule has 0 amide bonds. The number of nitrogens with one attached hydrogen (secondary N) is 4. The van der Waals surface area contributed by atoms with Gasteiger partial charge >= 0.3 is 0 Å². The summed E-state index contributed by atoms with van der Waals surface area (Å²) in [6.45, 7) is 4.57. The summed E-state index contributed by atoms with van der Waals surface area (Å²) < 4.78 is 7.59. The molecule has 11 nitrogen and oxygen atoms in total. The van der Waals surface area contributed by atoms with Crippen LogP contribution in [0.3, 0.4) is 0 Å². The molecular formula is C25H30N8O3. The highest BCUT2D eigenvalue weighted by Gasteiger charge is 2.31. The van der Waals surface area contributed by atoms with Gasteiger partial charge in [-0.1, -0.05) is 6.92 Å². The van der Waals surface area contributed by atoms with Gasteiger partial charge in [-0.15, -0.1) is 0 Å². The monoisotopic (exact) mass is 490 g/mol. The van der Waals surface area contributed by atoms with Gasteiger partial charge in [0.2, 0.25) is 0 Å². The van der Waals surface area contributed by atoms with Crippen molar-refractivity contribution in [3.05, 3.63) is 42.6 Å². The smallest absolute Gasteiger partial charge is 0.182 e. The summed E-state index contributed by atoms with van der Waals surface area (Å²) in [5.74, 6) is 1.25. The van der Waals surface area contributed by atoms with Crippen molar-refractivity contribution in [1.29, 1.82) is 10.7 Å². The number of aromatic amines is 1. The normalized spacial score (nSPS) is 14.6. The van der Waals surface area contributed by atoms with Gasteiger partial charge in [0.25, 0.3) is 0 Å². The summed E-state index contributed by atoms with van der Waals surface area (Å²) in [5, 5.41) is 44.9. The Labute approximate surface area is 208 Å². The second-order valence-corrected chi connectivity index (χ2v) is 8.73. The van der Waals surface area contributed by atoms with Crippen molar-refractivity contribution < 1.29 is 14.6 Å². The van der Waals surface area contributed by atoms with Crippen LogP contribution in [0.2, 0.25) is 0 Å². The second-order valence-electron chi connectivity index (χ2n) is 8.73. The maximum atomic E-state index is 10.2. The van der Waals surface area contributed by atoms with E-state index in [4.69, 9.17) is 14.8 Å².